The van der Waals surface area contributed by atoms with E-state index in [9.17, 15) is 9.90 Å². The van der Waals surface area contributed by atoms with Gasteiger partial charge in [0.1, 0.15) is 6.61 Å². The number of ketones is 1. The Morgan fingerprint density at radius 2 is 1.96 bits per heavy atom. The smallest absolute Gasteiger partial charge is 0.204 e. The molecule has 0 bridgehead atoms. The summed E-state index contributed by atoms with van der Waals surface area (Å²) >= 11 is 0. The molecule has 0 spiro atoms. The second-order valence-corrected chi connectivity index (χ2v) is 6.56. The molecule has 0 saturated heterocycles. The fourth-order valence-electron chi connectivity index (χ4n) is 3.62. The molecule has 1 aromatic rings. The number of nitrogens with zero attached hydrogens (tertiary/aromatic N) is 1. The Bertz CT molecular complexity index is 638. The normalized spacial score (nSPS) is 21.2. The standard InChI is InChI=1S/C20H27NO3/c1-5-24-21-8-6-7-16-11-17(20(23)18(22)12-16)19-14(3)9-13(2)10-15(19)4/h8-10,12,16-17,22H,5-7,11H2,1-4H3. The van der Waals surface area contributed by atoms with Crippen LogP contribution < -0.4 is 0 Å². The molecule has 1 aliphatic carbocycles. The summed E-state index contributed by atoms with van der Waals surface area (Å²) in [5, 5.41) is 14.0. The third-order valence-corrected chi connectivity index (χ3v) is 4.53. The molecule has 0 saturated carbocycles. The third kappa shape index (κ3) is 4.25. The van der Waals surface area contributed by atoms with E-state index in [0.29, 0.717) is 6.61 Å². The lowest BCUT2D eigenvalue weighted by molar-refractivity contribution is -0.120. The highest BCUT2D eigenvalue weighted by molar-refractivity contribution is 5.99. The van der Waals surface area contributed by atoms with Crippen molar-refractivity contribution < 1.29 is 14.7 Å². The van der Waals surface area contributed by atoms with Crippen molar-refractivity contribution in [1.82, 2.24) is 0 Å². The van der Waals surface area contributed by atoms with Crippen LogP contribution in [-0.2, 0) is 9.63 Å². The fraction of sp³-hybridized carbons (Fsp3) is 0.500. The van der Waals surface area contributed by atoms with Gasteiger partial charge in [0.05, 0.1) is 5.92 Å². The van der Waals surface area contributed by atoms with Gasteiger partial charge in [-0.1, -0.05) is 22.9 Å². The molecule has 0 aliphatic heterocycles. The van der Waals surface area contributed by atoms with E-state index in [0.717, 1.165) is 36.0 Å². The highest BCUT2D eigenvalue weighted by Crippen LogP contribution is 2.37. The summed E-state index contributed by atoms with van der Waals surface area (Å²) in [6, 6.07) is 4.21. The number of carbonyl (C=O) groups excluding carboxylic acids is 1. The molecule has 0 amide bonds. The zero-order chi connectivity index (χ0) is 17.7. The van der Waals surface area contributed by atoms with Gasteiger partial charge in [-0.05, 0) is 75.6 Å². The SMILES string of the molecule is CCON=CCCC1C=C(O)C(=O)C(c2c(C)cc(C)cc2C)C1. The van der Waals surface area contributed by atoms with E-state index in [4.69, 9.17) is 4.84 Å². The summed E-state index contributed by atoms with van der Waals surface area (Å²) in [5.41, 5.74) is 4.51. The maximum atomic E-state index is 12.5. The zero-order valence-corrected chi connectivity index (χ0v) is 15.0. The lowest BCUT2D eigenvalue weighted by Crippen LogP contribution is -2.25. The molecule has 2 rings (SSSR count). The Balaban J connectivity index is 2.17. The minimum atomic E-state index is -0.260. The van der Waals surface area contributed by atoms with Crippen LogP contribution >= 0.6 is 0 Å². The van der Waals surface area contributed by atoms with E-state index < -0.39 is 0 Å². The monoisotopic (exact) mass is 329 g/mol. The van der Waals surface area contributed by atoms with Gasteiger partial charge in [-0.25, -0.2) is 0 Å². The van der Waals surface area contributed by atoms with Gasteiger partial charge in [0.2, 0.25) is 5.78 Å². The van der Waals surface area contributed by atoms with E-state index in [-0.39, 0.29) is 23.4 Å². The summed E-state index contributed by atoms with van der Waals surface area (Å²) in [6.45, 7) is 8.60. The molecule has 4 nitrogen and oxygen atoms in total. The second-order valence-electron chi connectivity index (χ2n) is 6.56. The first-order valence-corrected chi connectivity index (χ1v) is 8.60. The van der Waals surface area contributed by atoms with Crippen LogP contribution in [0.2, 0.25) is 0 Å². The maximum absolute atomic E-state index is 12.5. The number of oxime groups is 1. The van der Waals surface area contributed by atoms with Gasteiger partial charge < -0.3 is 9.94 Å². The molecule has 24 heavy (non-hydrogen) atoms. The molecule has 1 aromatic carbocycles. The number of aryl methyl sites for hydroxylation is 3. The number of rotatable bonds is 6. The Labute approximate surface area is 144 Å². The van der Waals surface area contributed by atoms with Gasteiger partial charge in [0.25, 0.3) is 0 Å². The maximum Gasteiger partial charge on any atom is 0.204 e. The van der Waals surface area contributed by atoms with Crippen LogP contribution in [0.4, 0.5) is 0 Å². The molecular formula is C20H27NO3. The number of benzene rings is 1. The van der Waals surface area contributed by atoms with Crippen molar-refractivity contribution in [1.29, 1.82) is 0 Å². The van der Waals surface area contributed by atoms with E-state index in [1.54, 1.807) is 12.3 Å². The van der Waals surface area contributed by atoms with Crippen LogP contribution in [0.3, 0.4) is 0 Å². The van der Waals surface area contributed by atoms with Crippen molar-refractivity contribution >= 4 is 12.0 Å². The molecule has 130 valence electrons. The number of aliphatic hydroxyl groups is 1. The number of carbonyl (C=O) groups is 1. The minimum Gasteiger partial charge on any atom is -0.505 e. The molecule has 0 aromatic heterocycles. The first-order chi connectivity index (χ1) is 11.4. The largest absolute Gasteiger partial charge is 0.505 e. The highest BCUT2D eigenvalue weighted by atomic mass is 16.6. The highest BCUT2D eigenvalue weighted by Gasteiger charge is 2.33. The third-order valence-electron chi connectivity index (χ3n) is 4.53. The van der Waals surface area contributed by atoms with Crippen molar-refractivity contribution in [2.75, 3.05) is 6.61 Å². The summed E-state index contributed by atoms with van der Waals surface area (Å²) in [5.74, 6) is -0.355. The quantitative estimate of drug-likeness (QED) is 0.616. The lowest BCUT2D eigenvalue weighted by atomic mass is 9.76. The van der Waals surface area contributed by atoms with E-state index in [1.165, 1.54) is 5.56 Å². The van der Waals surface area contributed by atoms with E-state index in [1.807, 2.05) is 20.8 Å². The number of allylic oxidation sites excluding steroid dienone is 2. The summed E-state index contributed by atoms with van der Waals surface area (Å²) in [6.07, 6.45) is 5.79. The molecule has 4 heteroatoms. The van der Waals surface area contributed by atoms with Crippen LogP contribution in [0.5, 0.6) is 0 Å². The van der Waals surface area contributed by atoms with Crippen molar-refractivity contribution in [2.45, 2.75) is 52.9 Å². The molecular weight excluding hydrogens is 302 g/mol. The molecule has 2 atom stereocenters. The van der Waals surface area contributed by atoms with E-state index in [2.05, 4.69) is 24.2 Å². The predicted octanol–water partition coefficient (Wildman–Crippen LogP) is 4.53. The zero-order valence-electron chi connectivity index (χ0n) is 15.0. The Kier molecular flexibility index (Phi) is 6.18. The van der Waals surface area contributed by atoms with Gasteiger partial charge in [0, 0.05) is 6.21 Å². The Morgan fingerprint density at radius 1 is 1.29 bits per heavy atom. The average Bonchev–Trinajstić information content (AvgIpc) is 2.50. The molecule has 0 radical (unpaired) electrons. The molecule has 0 heterocycles. The average molecular weight is 329 g/mol. The summed E-state index contributed by atoms with van der Waals surface area (Å²) in [7, 11) is 0. The second kappa shape index (κ2) is 8.13. The molecule has 2 unspecified atom stereocenters. The number of hydrogen-bond acceptors (Lipinski definition) is 4. The first-order valence-electron chi connectivity index (χ1n) is 8.60. The van der Waals surface area contributed by atoms with Crippen molar-refractivity contribution in [3.63, 3.8) is 0 Å². The van der Waals surface area contributed by atoms with Gasteiger partial charge in [-0.2, -0.15) is 0 Å². The summed E-state index contributed by atoms with van der Waals surface area (Å²) in [4.78, 5) is 17.5. The Hall–Kier alpha value is -2.10. The topological polar surface area (TPSA) is 58.9 Å². The van der Waals surface area contributed by atoms with Crippen molar-refractivity contribution in [3.8, 4) is 0 Å². The molecule has 1 N–H and O–H groups in total. The van der Waals surface area contributed by atoms with Gasteiger partial charge in [-0.3, -0.25) is 4.79 Å². The van der Waals surface area contributed by atoms with E-state index >= 15 is 0 Å². The van der Waals surface area contributed by atoms with Gasteiger partial charge in [-0.15, -0.1) is 0 Å². The van der Waals surface area contributed by atoms with Gasteiger partial charge in [0.15, 0.2) is 5.76 Å². The van der Waals surface area contributed by atoms with Crippen LogP contribution in [0.1, 0.15) is 54.4 Å². The van der Waals surface area contributed by atoms with Crippen LogP contribution in [-0.4, -0.2) is 23.7 Å². The van der Waals surface area contributed by atoms with Gasteiger partial charge >= 0.3 is 0 Å². The number of hydrogen-bond donors (Lipinski definition) is 1. The Morgan fingerprint density at radius 3 is 2.58 bits per heavy atom. The summed E-state index contributed by atoms with van der Waals surface area (Å²) < 4.78 is 0. The fourth-order valence-corrected chi connectivity index (χ4v) is 3.62. The van der Waals surface area contributed by atoms with Crippen molar-refractivity contribution in [3.05, 3.63) is 46.2 Å². The molecule has 0 fully saturated rings. The predicted molar refractivity (Wildman–Crippen MR) is 96.6 cm³/mol. The minimum absolute atomic E-state index is 0.0997. The molecule has 1 aliphatic rings. The number of Topliss-reactive ketones (excluding diaryl/α,β-unsaturated/α-hetero) is 1. The van der Waals surface area contributed by atoms with Crippen LogP contribution in [0, 0.1) is 26.7 Å². The lowest BCUT2D eigenvalue weighted by Gasteiger charge is -2.28. The number of aliphatic hydroxyl groups excluding tert-OH is 1. The van der Waals surface area contributed by atoms with Crippen LogP contribution in [0.15, 0.2) is 29.1 Å². The first kappa shape index (κ1) is 18.2. The van der Waals surface area contributed by atoms with Crippen LogP contribution in [0.25, 0.3) is 0 Å². The van der Waals surface area contributed by atoms with Crippen molar-refractivity contribution in [2.24, 2.45) is 11.1 Å².